The van der Waals surface area contributed by atoms with Crippen LogP contribution in [-0.4, -0.2) is 12.0 Å². The molecule has 2 nitrogen and oxygen atoms in total. The monoisotopic (exact) mass is 371 g/mol. The third-order valence-electron chi connectivity index (χ3n) is 6.23. The van der Waals surface area contributed by atoms with Gasteiger partial charge in [0.2, 0.25) is 0 Å². The maximum Gasteiger partial charge on any atom is 0.141 e. The van der Waals surface area contributed by atoms with E-state index < -0.39 is 5.41 Å². The van der Waals surface area contributed by atoms with Crippen molar-refractivity contribution in [3.63, 3.8) is 0 Å². The van der Waals surface area contributed by atoms with Crippen LogP contribution in [0.25, 0.3) is 5.70 Å². The highest BCUT2D eigenvalue weighted by molar-refractivity contribution is 5.95. The molecule has 144 valence electrons. The third-order valence-corrected chi connectivity index (χ3v) is 6.23. The molecule has 3 rings (SSSR count). The number of Topliss-reactive ketones (excluding diaryl/α,β-unsaturated/α-hetero) is 1. The molecule has 0 N–H and O–H groups in total. The lowest BCUT2D eigenvalue weighted by Gasteiger charge is -2.30. The lowest BCUT2D eigenvalue weighted by atomic mass is 9.72. The van der Waals surface area contributed by atoms with Crippen LogP contribution >= 0.6 is 0 Å². The topological polar surface area (TPSA) is 29.4 Å². The van der Waals surface area contributed by atoms with Crippen molar-refractivity contribution in [3.05, 3.63) is 88.0 Å². The zero-order valence-electron chi connectivity index (χ0n) is 17.6. The van der Waals surface area contributed by atoms with Gasteiger partial charge < -0.3 is 0 Å². The zero-order valence-corrected chi connectivity index (χ0v) is 17.6. The van der Waals surface area contributed by atoms with Crippen LogP contribution in [0.2, 0.25) is 0 Å². The summed E-state index contributed by atoms with van der Waals surface area (Å²) in [5.41, 5.74) is 8.47. The molecule has 0 fully saturated rings. The van der Waals surface area contributed by atoms with Crippen LogP contribution in [0.5, 0.6) is 0 Å². The van der Waals surface area contributed by atoms with E-state index in [1.807, 2.05) is 24.4 Å². The van der Waals surface area contributed by atoms with E-state index in [-0.39, 0.29) is 5.78 Å². The number of hydrogen-bond acceptors (Lipinski definition) is 2. The Balaban J connectivity index is 1.92. The number of ketones is 1. The fourth-order valence-corrected chi connectivity index (χ4v) is 4.28. The number of rotatable bonds is 5. The van der Waals surface area contributed by atoms with Crippen molar-refractivity contribution in [2.24, 2.45) is 4.99 Å². The Morgan fingerprint density at radius 2 is 1.68 bits per heavy atom. The van der Waals surface area contributed by atoms with Gasteiger partial charge in [-0.15, -0.1) is 0 Å². The Labute approximate surface area is 168 Å². The quantitative estimate of drug-likeness (QED) is 0.568. The largest absolute Gasteiger partial charge is 0.299 e. The van der Waals surface area contributed by atoms with E-state index in [1.165, 1.54) is 16.7 Å². The van der Waals surface area contributed by atoms with E-state index in [9.17, 15) is 4.79 Å². The molecule has 0 bridgehead atoms. The summed E-state index contributed by atoms with van der Waals surface area (Å²) in [7, 11) is 0. The predicted octanol–water partition coefficient (Wildman–Crippen LogP) is 6.29. The van der Waals surface area contributed by atoms with E-state index in [1.54, 1.807) is 6.92 Å². The lowest BCUT2D eigenvalue weighted by molar-refractivity contribution is -0.122. The average Bonchev–Trinajstić information content (AvgIpc) is 3.00. The minimum absolute atomic E-state index is 0.224. The predicted molar refractivity (Wildman–Crippen MR) is 119 cm³/mol. The number of carbonyl (C=O) groups excluding carboxylic acids is 1. The molecule has 0 saturated heterocycles. The minimum atomic E-state index is -0.481. The molecular weight excluding hydrogens is 342 g/mol. The Morgan fingerprint density at radius 1 is 1.00 bits per heavy atom. The Hall–Kier alpha value is -2.74. The molecule has 0 saturated carbocycles. The van der Waals surface area contributed by atoms with E-state index >= 15 is 0 Å². The fraction of sp³-hybridized carbons (Fsp3) is 0.308. The molecule has 0 radical (unpaired) electrons. The minimum Gasteiger partial charge on any atom is -0.299 e. The van der Waals surface area contributed by atoms with Gasteiger partial charge in [-0.2, -0.15) is 0 Å². The van der Waals surface area contributed by atoms with Gasteiger partial charge in [-0.3, -0.25) is 9.79 Å². The van der Waals surface area contributed by atoms with Crippen molar-refractivity contribution in [3.8, 4) is 0 Å². The first-order valence-electron chi connectivity index (χ1n) is 9.81. The summed E-state index contributed by atoms with van der Waals surface area (Å²) in [6.07, 6.45) is 3.37. The highest BCUT2D eigenvalue weighted by Gasteiger charge is 2.43. The molecule has 0 amide bonds. The van der Waals surface area contributed by atoms with Crippen molar-refractivity contribution in [1.29, 1.82) is 0 Å². The third kappa shape index (κ3) is 3.52. The Kier molecular flexibility index (Phi) is 5.51. The molecule has 28 heavy (non-hydrogen) atoms. The van der Waals surface area contributed by atoms with E-state index in [0.29, 0.717) is 6.42 Å². The summed E-state index contributed by atoms with van der Waals surface area (Å²) in [6, 6.07) is 14.4. The van der Waals surface area contributed by atoms with Crippen LogP contribution in [0.4, 0.5) is 0 Å². The second kappa shape index (κ2) is 7.71. The first-order chi connectivity index (χ1) is 13.3. The van der Waals surface area contributed by atoms with Gasteiger partial charge in [-0.25, -0.2) is 0 Å². The molecule has 1 aliphatic rings. The molecule has 0 aliphatic heterocycles. The first kappa shape index (κ1) is 20.0. The average molecular weight is 372 g/mol. The maximum atomic E-state index is 12.8. The van der Waals surface area contributed by atoms with Gasteiger partial charge >= 0.3 is 0 Å². The van der Waals surface area contributed by atoms with Gasteiger partial charge in [0.25, 0.3) is 0 Å². The molecule has 1 aliphatic carbocycles. The van der Waals surface area contributed by atoms with E-state index in [2.05, 4.69) is 63.5 Å². The second-order valence-electron chi connectivity index (χ2n) is 8.06. The van der Waals surface area contributed by atoms with Crippen molar-refractivity contribution >= 4 is 17.7 Å². The number of allylic oxidation sites excluding steroid dienone is 2. The Morgan fingerprint density at radius 3 is 2.36 bits per heavy atom. The number of aryl methyl sites for hydroxylation is 2. The van der Waals surface area contributed by atoms with Gasteiger partial charge in [0.1, 0.15) is 5.78 Å². The molecule has 2 heteroatoms. The van der Waals surface area contributed by atoms with E-state index in [0.717, 1.165) is 34.4 Å². The van der Waals surface area contributed by atoms with Crippen molar-refractivity contribution in [2.75, 3.05) is 0 Å². The summed E-state index contributed by atoms with van der Waals surface area (Å²) in [6.45, 7) is 14.3. The molecule has 2 aromatic carbocycles. The van der Waals surface area contributed by atoms with Gasteiger partial charge in [-0.05, 0) is 75.3 Å². The summed E-state index contributed by atoms with van der Waals surface area (Å²) >= 11 is 0. The normalized spacial score (nSPS) is 19.5. The molecule has 0 aromatic heterocycles. The number of carbonyl (C=O) groups is 1. The molecule has 2 aromatic rings. The Bertz CT molecular complexity index is 1010. The second-order valence-corrected chi connectivity index (χ2v) is 8.06. The standard InChI is InChI=1S/C26H29NO/c1-17-11-9-13-25(20(17)4)26(22(6)28)14-19(3)23(15-26)16-27-21(5)24-12-8-7-10-18(24)2/h7-13,16H,5,14-15H2,1-4,6H3/b27-16-/t26-/m0/s1. The number of benzene rings is 2. The van der Waals surface area contributed by atoms with Crippen LogP contribution in [-0.2, 0) is 10.2 Å². The van der Waals surface area contributed by atoms with Crippen molar-refractivity contribution in [2.45, 2.75) is 52.9 Å². The fourth-order valence-electron chi connectivity index (χ4n) is 4.28. The first-order valence-corrected chi connectivity index (χ1v) is 9.81. The highest BCUT2D eigenvalue weighted by atomic mass is 16.1. The van der Waals surface area contributed by atoms with Crippen LogP contribution in [0.1, 0.15) is 54.5 Å². The number of aliphatic imine (C=N–C) groups is 1. The molecular formula is C26H29NO. The molecule has 0 heterocycles. The smallest absolute Gasteiger partial charge is 0.141 e. The summed E-state index contributed by atoms with van der Waals surface area (Å²) in [4.78, 5) is 17.5. The summed E-state index contributed by atoms with van der Waals surface area (Å²) in [5, 5.41) is 0. The summed E-state index contributed by atoms with van der Waals surface area (Å²) in [5.74, 6) is 0.224. The van der Waals surface area contributed by atoms with Gasteiger partial charge in [0, 0.05) is 11.8 Å². The summed E-state index contributed by atoms with van der Waals surface area (Å²) < 4.78 is 0. The number of nitrogens with zero attached hydrogens (tertiary/aromatic N) is 1. The SMILES string of the molecule is C=C(/N=C\C1=C(C)C[C@](C(C)=O)(c2cccc(C)c2C)C1)c1ccccc1C. The van der Waals surface area contributed by atoms with Gasteiger partial charge in [0.15, 0.2) is 0 Å². The molecule has 0 spiro atoms. The van der Waals surface area contributed by atoms with Gasteiger partial charge in [0.05, 0.1) is 11.1 Å². The number of hydrogen-bond donors (Lipinski definition) is 0. The maximum absolute atomic E-state index is 12.8. The van der Waals surface area contributed by atoms with Crippen LogP contribution in [0.15, 0.2) is 65.2 Å². The van der Waals surface area contributed by atoms with Crippen molar-refractivity contribution in [1.82, 2.24) is 0 Å². The van der Waals surface area contributed by atoms with E-state index in [4.69, 9.17) is 0 Å². The van der Waals surface area contributed by atoms with Crippen LogP contribution in [0, 0.1) is 20.8 Å². The van der Waals surface area contributed by atoms with Crippen LogP contribution in [0.3, 0.4) is 0 Å². The molecule has 1 atom stereocenters. The van der Waals surface area contributed by atoms with Crippen LogP contribution < -0.4 is 0 Å². The molecule has 0 unspecified atom stereocenters. The zero-order chi connectivity index (χ0) is 20.5. The lowest BCUT2D eigenvalue weighted by Crippen LogP contribution is -2.33. The highest BCUT2D eigenvalue weighted by Crippen LogP contribution is 2.46. The van der Waals surface area contributed by atoms with Gasteiger partial charge in [-0.1, -0.05) is 54.6 Å². The van der Waals surface area contributed by atoms with Crippen molar-refractivity contribution < 1.29 is 4.79 Å².